The second-order valence-corrected chi connectivity index (χ2v) is 6.06. The number of nitro groups is 1. The zero-order chi connectivity index (χ0) is 18.7. The van der Waals surface area contributed by atoms with Crippen LogP contribution in [0.15, 0.2) is 42.5 Å². The Morgan fingerprint density at radius 2 is 1.96 bits per heavy atom. The lowest BCUT2D eigenvalue weighted by molar-refractivity contribution is -0.385. The number of fused-ring (bicyclic) bond motifs is 1. The molecule has 0 bridgehead atoms. The molecule has 0 fully saturated rings. The molecule has 0 atom stereocenters. The lowest BCUT2D eigenvalue weighted by atomic mass is 10.0. The van der Waals surface area contributed by atoms with Gasteiger partial charge in [0.05, 0.1) is 10.5 Å². The van der Waals surface area contributed by atoms with Gasteiger partial charge < -0.3 is 9.64 Å². The van der Waals surface area contributed by atoms with E-state index in [0.29, 0.717) is 6.54 Å². The minimum atomic E-state index is -0.746. The second-order valence-electron chi connectivity index (χ2n) is 6.06. The average molecular weight is 354 g/mol. The molecule has 0 spiro atoms. The van der Waals surface area contributed by atoms with E-state index < -0.39 is 17.5 Å². The summed E-state index contributed by atoms with van der Waals surface area (Å²) in [7, 11) is 0. The molecule has 0 radical (unpaired) electrons. The monoisotopic (exact) mass is 354 g/mol. The van der Waals surface area contributed by atoms with Crippen LogP contribution in [0.25, 0.3) is 0 Å². The topological polar surface area (TPSA) is 89.8 Å². The van der Waals surface area contributed by atoms with Crippen molar-refractivity contribution in [2.75, 3.05) is 18.1 Å². The fraction of sp³-hybridized carbons (Fsp3) is 0.263. The summed E-state index contributed by atoms with van der Waals surface area (Å²) in [6.07, 6.45) is 1.76. The summed E-state index contributed by atoms with van der Waals surface area (Å²) >= 11 is 0. The van der Waals surface area contributed by atoms with E-state index in [0.717, 1.165) is 24.1 Å². The maximum atomic E-state index is 12.5. The molecule has 0 saturated heterocycles. The molecular weight excluding hydrogens is 336 g/mol. The van der Waals surface area contributed by atoms with Gasteiger partial charge in [-0.05, 0) is 37.5 Å². The summed E-state index contributed by atoms with van der Waals surface area (Å²) in [5.41, 5.74) is 2.08. The molecule has 2 aromatic rings. The highest BCUT2D eigenvalue weighted by Gasteiger charge is 2.24. The van der Waals surface area contributed by atoms with Crippen LogP contribution < -0.4 is 4.90 Å². The van der Waals surface area contributed by atoms with Crippen LogP contribution in [0.3, 0.4) is 0 Å². The average Bonchev–Trinajstić information content (AvgIpc) is 2.65. The van der Waals surface area contributed by atoms with Crippen molar-refractivity contribution in [1.29, 1.82) is 0 Å². The number of carbonyl (C=O) groups excluding carboxylic acids is 2. The highest BCUT2D eigenvalue weighted by molar-refractivity contribution is 5.98. The second kappa shape index (κ2) is 7.35. The Hall–Kier alpha value is -3.22. The minimum Gasteiger partial charge on any atom is -0.452 e. The molecule has 0 unspecified atom stereocenters. The van der Waals surface area contributed by atoms with Gasteiger partial charge in [0.2, 0.25) is 0 Å². The number of hydrogen-bond acceptors (Lipinski definition) is 5. The van der Waals surface area contributed by atoms with E-state index in [1.165, 1.54) is 25.1 Å². The number of nitro benzene ring substituents is 1. The number of rotatable bonds is 4. The molecule has 0 saturated carbocycles. The van der Waals surface area contributed by atoms with Crippen LogP contribution in [0.1, 0.15) is 27.9 Å². The van der Waals surface area contributed by atoms with Crippen molar-refractivity contribution in [2.45, 2.75) is 19.8 Å². The van der Waals surface area contributed by atoms with Crippen molar-refractivity contribution in [1.82, 2.24) is 0 Å². The number of aryl methyl sites for hydroxylation is 1. The predicted octanol–water partition coefficient (Wildman–Crippen LogP) is 3.04. The number of hydrogen-bond donors (Lipinski definition) is 0. The Kier molecular flexibility index (Phi) is 4.97. The number of ether oxygens (including phenoxy) is 1. The third-order valence-corrected chi connectivity index (χ3v) is 4.46. The number of amides is 1. The Morgan fingerprint density at radius 3 is 2.73 bits per heavy atom. The van der Waals surface area contributed by atoms with Crippen molar-refractivity contribution < 1.29 is 19.2 Å². The van der Waals surface area contributed by atoms with Crippen molar-refractivity contribution in [3.63, 3.8) is 0 Å². The summed E-state index contributed by atoms with van der Waals surface area (Å²) in [5.74, 6) is -1.06. The molecule has 1 amide bonds. The van der Waals surface area contributed by atoms with Crippen LogP contribution in [0.5, 0.6) is 0 Å². The summed E-state index contributed by atoms with van der Waals surface area (Å²) in [4.78, 5) is 36.8. The van der Waals surface area contributed by atoms with E-state index in [-0.39, 0.29) is 22.7 Å². The molecule has 7 heteroatoms. The molecule has 1 aliphatic rings. The number of carbonyl (C=O) groups is 2. The maximum Gasteiger partial charge on any atom is 0.339 e. The SMILES string of the molecule is Cc1c(C(=O)OCC(=O)N2CCCc3ccccc32)cccc1[N+](=O)[O-]. The van der Waals surface area contributed by atoms with Crippen LogP contribution in [0.2, 0.25) is 0 Å². The highest BCUT2D eigenvalue weighted by atomic mass is 16.6. The molecule has 3 rings (SSSR count). The molecule has 7 nitrogen and oxygen atoms in total. The van der Waals surface area contributed by atoms with Crippen LogP contribution in [-0.4, -0.2) is 30.0 Å². The summed E-state index contributed by atoms with van der Waals surface area (Å²) in [6.45, 7) is 1.65. The standard InChI is InChI=1S/C19H18N2O5/c1-13-15(8-4-10-16(13)21(24)25)19(23)26-12-18(22)20-11-5-7-14-6-2-3-9-17(14)20/h2-4,6,8-10H,5,7,11-12H2,1H3. The first kappa shape index (κ1) is 17.6. The van der Waals surface area contributed by atoms with Gasteiger partial charge >= 0.3 is 5.97 Å². The third kappa shape index (κ3) is 3.42. The van der Waals surface area contributed by atoms with E-state index >= 15 is 0 Å². The molecule has 1 heterocycles. The van der Waals surface area contributed by atoms with E-state index in [1.807, 2.05) is 24.3 Å². The molecule has 134 valence electrons. The maximum absolute atomic E-state index is 12.5. The molecule has 0 aromatic heterocycles. The third-order valence-electron chi connectivity index (χ3n) is 4.46. The fourth-order valence-corrected chi connectivity index (χ4v) is 3.12. The van der Waals surface area contributed by atoms with E-state index in [9.17, 15) is 19.7 Å². The quantitative estimate of drug-likeness (QED) is 0.478. The van der Waals surface area contributed by atoms with Gasteiger partial charge in [-0.25, -0.2) is 4.79 Å². The predicted molar refractivity (Wildman–Crippen MR) is 95.2 cm³/mol. The van der Waals surface area contributed by atoms with Crippen molar-refractivity contribution in [2.24, 2.45) is 0 Å². The zero-order valence-electron chi connectivity index (χ0n) is 14.3. The minimum absolute atomic E-state index is 0.0889. The molecule has 1 aliphatic heterocycles. The van der Waals surface area contributed by atoms with Gasteiger partial charge in [-0.15, -0.1) is 0 Å². The molecule has 0 aliphatic carbocycles. The molecule has 2 aromatic carbocycles. The first-order chi connectivity index (χ1) is 12.5. The van der Waals surface area contributed by atoms with Crippen molar-refractivity contribution in [3.05, 3.63) is 69.3 Å². The zero-order valence-corrected chi connectivity index (χ0v) is 14.3. The smallest absolute Gasteiger partial charge is 0.339 e. The Balaban J connectivity index is 1.70. The molecular formula is C19H18N2O5. The van der Waals surface area contributed by atoms with Crippen LogP contribution in [0, 0.1) is 17.0 Å². The lowest BCUT2D eigenvalue weighted by Crippen LogP contribution is -2.38. The normalized spacial score (nSPS) is 13.0. The number of esters is 1. The molecule has 0 N–H and O–H groups in total. The van der Waals surface area contributed by atoms with Gasteiger partial charge in [0, 0.05) is 23.9 Å². The summed E-state index contributed by atoms with van der Waals surface area (Å²) in [5, 5.41) is 11.0. The van der Waals surface area contributed by atoms with Crippen LogP contribution in [0.4, 0.5) is 11.4 Å². The van der Waals surface area contributed by atoms with Gasteiger partial charge in [-0.3, -0.25) is 14.9 Å². The van der Waals surface area contributed by atoms with Gasteiger partial charge in [0.25, 0.3) is 11.6 Å². The van der Waals surface area contributed by atoms with E-state index in [4.69, 9.17) is 4.74 Å². The van der Waals surface area contributed by atoms with Gasteiger partial charge in [0.1, 0.15) is 0 Å². The van der Waals surface area contributed by atoms with Gasteiger partial charge in [-0.2, -0.15) is 0 Å². The van der Waals surface area contributed by atoms with Crippen molar-refractivity contribution >= 4 is 23.3 Å². The summed E-state index contributed by atoms with van der Waals surface area (Å²) < 4.78 is 5.12. The lowest BCUT2D eigenvalue weighted by Gasteiger charge is -2.29. The summed E-state index contributed by atoms with van der Waals surface area (Å²) in [6, 6.07) is 11.8. The van der Waals surface area contributed by atoms with Gasteiger partial charge in [0.15, 0.2) is 6.61 Å². The fourth-order valence-electron chi connectivity index (χ4n) is 3.12. The first-order valence-corrected chi connectivity index (χ1v) is 8.28. The first-order valence-electron chi connectivity index (χ1n) is 8.28. The Labute approximate surface area is 150 Å². The number of para-hydroxylation sites is 1. The number of anilines is 1. The highest BCUT2D eigenvalue weighted by Crippen LogP contribution is 2.27. The van der Waals surface area contributed by atoms with Crippen LogP contribution >= 0.6 is 0 Å². The van der Waals surface area contributed by atoms with Crippen LogP contribution in [-0.2, 0) is 16.0 Å². The van der Waals surface area contributed by atoms with Gasteiger partial charge in [-0.1, -0.05) is 24.3 Å². The largest absolute Gasteiger partial charge is 0.452 e. The van der Waals surface area contributed by atoms with E-state index in [1.54, 1.807) is 4.90 Å². The molecule has 26 heavy (non-hydrogen) atoms. The van der Waals surface area contributed by atoms with E-state index in [2.05, 4.69) is 0 Å². The van der Waals surface area contributed by atoms with Crippen molar-refractivity contribution in [3.8, 4) is 0 Å². The Morgan fingerprint density at radius 1 is 1.19 bits per heavy atom. The Bertz CT molecular complexity index is 878. The number of benzene rings is 2. The number of nitrogens with zero attached hydrogens (tertiary/aromatic N) is 2.